The lowest BCUT2D eigenvalue weighted by atomic mass is 10.1. The number of aromatic nitrogens is 2. The second kappa shape index (κ2) is 6.16. The van der Waals surface area contributed by atoms with Crippen LogP contribution in [0.1, 0.15) is 17.8 Å². The summed E-state index contributed by atoms with van der Waals surface area (Å²) in [5.74, 6) is -10.1. The van der Waals surface area contributed by atoms with Crippen LogP contribution in [0.2, 0.25) is 5.02 Å². The van der Waals surface area contributed by atoms with E-state index in [1.165, 1.54) is 22.8 Å². The molecule has 0 spiro atoms. The Morgan fingerprint density at radius 2 is 1.63 bits per heavy atom. The van der Waals surface area contributed by atoms with Gasteiger partial charge in [0, 0.05) is 11.6 Å². The number of halogens is 6. The first-order chi connectivity index (χ1) is 12.8. The Morgan fingerprint density at radius 3 is 2.30 bits per heavy atom. The van der Waals surface area contributed by atoms with Crippen molar-refractivity contribution in [1.82, 2.24) is 9.55 Å². The van der Waals surface area contributed by atoms with Gasteiger partial charge in [0.2, 0.25) is 5.82 Å². The summed E-state index contributed by atoms with van der Waals surface area (Å²) in [4.78, 5) is 16.8. The minimum atomic E-state index is -2.23. The van der Waals surface area contributed by atoms with E-state index in [0.717, 1.165) is 6.08 Å². The lowest BCUT2D eigenvalue weighted by molar-refractivity contribution is 0.377. The Morgan fingerprint density at radius 1 is 1.00 bits per heavy atom. The number of fused-ring (bicyclic) bond motifs is 2. The molecule has 1 aliphatic heterocycles. The molecule has 0 aliphatic carbocycles. The molecule has 0 bridgehead atoms. The van der Waals surface area contributed by atoms with Gasteiger partial charge in [-0.15, -0.1) is 0 Å². The molecule has 0 radical (unpaired) electrons. The molecular weight excluding hydrogens is 391 g/mol. The highest BCUT2D eigenvalue weighted by Crippen LogP contribution is 2.31. The molecule has 4 rings (SSSR count). The van der Waals surface area contributed by atoms with Crippen LogP contribution in [0.3, 0.4) is 0 Å². The molecule has 9 heteroatoms. The summed E-state index contributed by atoms with van der Waals surface area (Å²) in [6.45, 7) is 0.168. The van der Waals surface area contributed by atoms with Crippen LogP contribution >= 0.6 is 11.6 Å². The second-order valence-electron chi connectivity index (χ2n) is 5.96. The predicted octanol–water partition coefficient (Wildman–Crippen LogP) is 4.69. The zero-order valence-electron chi connectivity index (χ0n) is 13.3. The van der Waals surface area contributed by atoms with Crippen molar-refractivity contribution in [3.63, 3.8) is 0 Å². The van der Waals surface area contributed by atoms with Crippen molar-refractivity contribution in [1.29, 1.82) is 0 Å². The van der Waals surface area contributed by atoms with Gasteiger partial charge in [-0.05, 0) is 36.3 Å². The van der Waals surface area contributed by atoms with Crippen molar-refractivity contribution in [2.45, 2.75) is 13.0 Å². The molecule has 0 atom stereocenters. The van der Waals surface area contributed by atoms with Crippen LogP contribution in [0.15, 0.2) is 23.0 Å². The summed E-state index contributed by atoms with van der Waals surface area (Å²) in [5.41, 5.74) is -1.01. The lowest BCUT2D eigenvalue weighted by Crippen LogP contribution is -2.20. The fourth-order valence-corrected chi connectivity index (χ4v) is 3.22. The van der Waals surface area contributed by atoms with E-state index < -0.39 is 34.6 Å². The Hall–Kier alpha value is -2.74. The van der Waals surface area contributed by atoms with Gasteiger partial charge in [-0.3, -0.25) is 9.36 Å². The van der Waals surface area contributed by atoms with Crippen molar-refractivity contribution in [3.8, 4) is 0 Å². The van der Waals surface area contributed by atoms with Gasteiger partial charge in [-0.2, -0.15) is 0 Å². The first-order valence-electron chi connectivity index (χ1n) is 7.72. The van der Waals surface area contributed by atoms with Gasteiger partial charge in [0.25, 0.3) is 5.56 Å². The third-order valence-corrected chi connectivity index (χ3v) is 4.61. The standard InChI is InChI=1S/C18H8ClF5N2O/c19-8-1-2-9-11(6-8)25-17-7(3-4-26(17)18(9)27)5-10-12(20)14(22)16(24)15(23)13(10)21/h1-2,5-6H,3-4H2/b7-5+. The van der Waals surface area contributed by atoms with E-state index in [9.17, 15) is 26.7 Å². The zero-order valence-corrected chi connectivity index (χ0v) is 14.1. The molecule has 0 N–H and O–H groups in total. The van der Waals surface area contributed by atoms with Gasteiger partial charge in [-0.25, -0.2) is 26.9 Å². The summed E-state index contributed by atoms with van der Waals surface area (Å²) in [7, 11) is 0. The summed E-state index contributed by atoms with van der Waals surface area (Å²) in [5, 5.41) is 0.642. The molecule has 138 valence electrons. The summed E-state index contributed by atoms with van der Waals surface area (Å²) in [6.07, 6.45) is 0.976. The third-order valence-electron chi connectivity index (χ3n) is 4.37. The Kier molecular flexibility index (Phi) is 4.03. The first-order valence-corrected chi connectivity index (χ1v) is 8.10. The normalized spacial score (nSPS) is 15.0. The number of benzene rings is 2. The van der Waals surface area contributed by atoms with E-state index in [0.29, 0.717) is 10.4 Å². The predicted molar refractivity (Wildman–Crippen MR) is 89.7 cm³/mol. The largest absolute Gasteiger partial charge is 0.292 e. The molecule has 0 fully saturated rings. The topological polar surface area (TPSA) is 34.9 Å². The van der Waals surface area contributed by atoms with Crippen LogP contribution in [-0.4, -0.2) is 9.55 Å². The molecule has 2 heterocycles. The van der Waals surface area contributed by atoms with Crippen LogP contribution < -0.4 is 5.56 Å². The highest BCUT2D eigenvalue weighted by molar-refractivity contribution is 6.31. The molecular formula is C18H8ClF5N2O. The smallest absolute Gasteiger partial charge is 0.261 e. The Labute approximate surface area is 153 Å². The summed E-state index contributed by atoms with van der Waals surface area (Å²) < 4.78 is 69.2. The van der Waals surface area contributed by atoms with Gasteiger partial charge < -0.3 is 0 Å². The highest BCUT2D eigenvalue weighted by atomic mass is 35.5. The van der Waals surface area contributed by atoms with Crippen LogP contribution in [0.25, 0.3) is 22.6 Å². The molecule has 0 saturated carbocycles. The number of hydrogen-bond acceptors (Lipinski definition) is 2. The maximum absolute atomic E-state index is 13.9. The van der Waals surface area contributed by atoms with E-state index in [4.69, 9.17) is 11.6 Å². The van der Waals surface area contributed by atoms with Crippen molar-refractivity contribution < 1.29 is 22.0 Å². The van der Waals surface area contributed by atoms with Crippen LogP contribution in [0.5, 0.6) is 0 Å². The van der Waals surface area contributed by atoms with Crippen LogP contribution in [0, 0.1) is 29.1 Å². The molecule has 3 nitrogen and oxygen atoms in total. The fraction of sp³-hybridized carbons (Fsp3) is 0.111. The molecule has 0 unspecified atom stereocenters. The van der Waals surface area contributed by atoms with Crippen molar-refractivity contribution in [3.05, 3.63) is 74.0 Å². The lowest BCUT2D eigenvalue weighted by Gasteiger charge is -2.07. The molecule has 1 aromatic heterocycles. The maximum Gasteiger partial charge on any atom is 0.261 e. The zero-order chi connectivity index (χ0) is 19.5. The third kappa shape index (κ3) is 2.63. The van der Waals surface area contributed by atoms with E-state index in [2.05, 4.69) is 4.98 Å². The molecule has 0 saturated heterocycles. The van der Waals surface area contributed by atoms with Gasteiger partial charge in [0.1, 0.15) is 5.82 Å². The molecule has 2 aromatic carbocycles. The second-order valence-corrected chi connectivity index (χ2v) is 6.39. The van der Waals surface area contributed by atoms with E-state index >= 15 is 0 Å². The molecule has 3 aromatic rings. The summed E-state index contributed by atoms with van der Waals surface area (Å²) >= 11 is 5.90. The Balaban J connectivity index is 1.96. The van der Waals surface area contributed by atoms with Crippen molar-refractivity contribution in [2.75, 3.05) is 0 Å². The van der Waals surface area contributed by atoms with E-state index in [-0.39, 0.29) is 35.4 Å². The van der Waals surface area contributed by atoms with Crippen LogP contribution in [-0.2, 0) is 6.54 Å². The average molecular weight is 399 g/mol. The number of rotatable bonds is 1. The number of nitrogens with zero attached hydrogens (tertiary/aromatic N) is 2. The average Bonchev–Trinajstić information content (AvgIpc) is 3.05. The van der Waals surface area contributed by atoms with E-state index in [1.54, 1.807) is 0 Å². The molecule has 1 aliphatic rings. The maximum atomic E-state index is 13.9. The molecule has 27 heavy (non-hydrogen) atoms. The van der Waals surface area contributed by atoms with Gasteiger partial charge >= 0.3 is 0 Å². The number of hydrogen-bond donors (Lipinski definition) is 0. The van der Waals surface area contributed by atoms with Crippen LogP contribution in [0.4, 0.5) is 22.0 Å². The SMILES string of the molecule is O=c1c2ccc(Cl)cc2nc2n1CC/C2=C\c1c(F)c(F)c(F)c(F)c1F. The minimum absolute atomic E-state index is 0.0960. The van der Waals surface area contributed by atoms with Crippen molar-refractivity contribution >= 4 is 34.2 Å². The number of allylic oxidation sites excluding steroid dienone is 1. The monoisotopic (exact) mass is 398 g/mol. The minimum Gasteiger partial charge on any atom is -0.292 e. The Bertz CT molecular complexity index is 1190. The quantitative estimate of drug-likeness (QED) is 0.338. The van der Waals surface area contributed by atoms with Crippen molar-refractivity contribution in [2.24, 2.45) is 0 Å². The van der Waals surface area contributed by atoms with Gasteiger partial charge in [0.15, 0.2) is 23.3 Å². The fourth-order valence-electron chi connectivity index (χ4n) is 3.05. The first kappa shape index (κ1) is 17.7. The van der Waals surface area contributed by atoms with Gasteiger partial charge in [-0.1, -0.05) is 11.6 Å². The summed E-state index contributed by atoms with van der Waals surface area (Å²) in [6, 6.07) is 4.49. The van der Waals surface area contributed by atoms with E-state index in [1.807, 2.05) is 0 Å². The highest BCUT2D eigenvalue weighted by Gasteiger charge is 2.27. The molecule has 0 amide bonds. The van der Waals surface area contributed by atoms with Gasteiger partial charge in [0.05, 0.1) is 16.5 Å².